The second kappa shape index (κ2) is 7.31. The molecule has 0 radical (unpaired) electrons. The third-order valence-corrected chi connectivity index (χ3v) is 6.88. The standard InChI is InChI=1S/C19H27N3O4S/c1-18(2,3)19(17(23)24)7-4-8-21(19)10-9-20-11-12-27-16-13-14(22(25)26)5-6-15(16)20/h5-6,13H,4,7-12H2,1-3H3,(H,23,24). The molecule has 2 heterocycles. The lowest BCUT2D eigenvalue weighted by Crippen LogP contribution is -2.60. The highest BCUT2D eigenvalue weighted by Crippen LogP contribution is 2.44. The number of carbonyl (C=O) groups is 1. The summed E-state index contributed by atoms with van der Waals surface area (Å²) in [5.74, 6) is 0.134. The summed E-state index contributed by atoms with van der Waals surface area (Å²) in [6.45, 7) is 9.06. The van der Waals surface area contributed by atoms with Gasteiger partial charge in [0.05, 0.1) is 10.6 Å². The number of aliphatic carboxylic acids is 1. The molecule has 7 nitrogen and oxygen atoms in total. The number of likely N-dealkylation sites (tertiary alicyclic amines) is 1. The van der Waals surface area contributed by atoms with E-state index < -0.39 is 11.5 Å². The maximum Gasteiger partial charge on any atom is 0.324 e. The number of rotatable bonds is 5. The second-order valence-corrected chi connectivity index (χ2v) is 9.39. The molecule has 1 atom stereocenters. The van der Waals surface area contributed by atoms with Gasteiger partial charge in [-0.15, -0.1) is 11.8 Å². The molecule has 1 aromatic carbocycles. The summed E-state index contributed by atoms with van der Waals surface area (Å²) in [5, 5.41) is 21.0. The van der Waals surface area contributed by atoms with Crippen molar-refractivity contribution in [3.63, 3.8) is 0 Å². The SMILES string of the molecule is CC(C)(C)C1(C(=O)O)CCCN1CCN1CCSc2cc([N+](=O)[O-])ccc21. The summed E-state index contributed by atoms with van der Waals surface area (Å²) in [5.41, 5.74) is -0.0745. The van der Waals surface area contributed by atoms with E-state index in [1.807, 2.05) is 26.8 Å². The molecular formula is C19H27N3O4S. The predicted octanol–water partition coefficient (Wildman–Crippen LogP) is 3.47. The van der Waals surface area contributed by atoms with Gasteiger partial charge in [-0.05, 0) is 30.9 Å². The molecule has 1 fully saturated rings. The lowest BCUT2D eigenvalue weighted by Gasteiger charge is -2.45. The lowest BCUT2D eigenvalue weighted by atomic mass is 9.71. The van der Waals surface area contributed by atoms with Crippen molar-refractivity contribution in [2.45, 2.75) is 44.0 Å². The number of carboxylic acid groups (broad SMARTS) is 1. The second-order valence-electron chi connectivity index (χ2n) is 8.25. The van der Waals surface area contributed by atoms with E-state index in [0.29, 0.717) is 13.0 Å². The van der Waals surface area contributed by atoms with E-state index in [2.05, 4.69) is 9.80 Å². The first-order valence-corrected chi connectivity index (χ1v) is 10.3. The molecule has 27 heavy (non-hydrogen) atoms. The van der Waals surface area contributed by atoms with Crippen molar-refractivity contribution < 1.29 is 14.8 Å². The van der Waals surface area contributed by atoms with Gasteiger partial charge in [-0.1, -0.05) is 20.8 Å². The molecule has 0 aromatic heterocycles. The first kappa shape index (κ1) is 19.9. The van der Waals surface area contributed by atoms with Gasteiger partial charge in [0.1, 0.15) is 5.54 Å². The van der Waals surface area contributed by atoms with Crippen LogP contribution in [-0.4, -0.2) is 58.4 Å². The molecule has 0 spiro atoms. The van der Waals surface area contributed by atoms with Gasteiger partial charge in [-0.3, -0.25) is 19.8 Å². The number of hydrogen-bond donors (Lipinski definition) is 1. The number of carboxylic acids is 1. The summed E-state index contributed by atoms with van der Waals surface area (Å²) in [4.78, 5) is 28.1. The number of fused-ring (bicyclic) bond motifs is 1. The van der Waals surface area contributed by atoms with E-state index in [1.54, 1.807) is 23.9 Å². The third-order valence-electron chi connectivity index (χ3n) is 5.85. The Morgan fingerprint density at radius 2 is 2.07 bits per heavy atom. The molecule has 1 N–H and O–H groups in total. The lowest BCUT2D eigenvalue weighted by molar-refractivity contribution is -0.385. The van der Waals surface area contributed by atoms with Crippen molar-refractivity contribution in [2.24, 2.45) is 5.41 Å². The molecular weight excluding hydrogens is 366 g/mol. The number of nitro benzene ring substituents is 1. The monoisotopic (exact) mass is 393 g/mol. The summed E-state index contributed by atoms with van der Waals surface area (Å²) < 4.78 is 0. The van der Waals surface area contributed by atoms with Gasteiger partial charge in [0, 0.05) is 42.4 Å². The third kappa shape index (κ3) is 3.52. The normalized spacial score (nSPS) is 23.3. The number of benzene rings is 1. The van der Waals surface area contributed by atoms with E-state index in [0.717, 1.165) is 42.4 Å². The van der Waals surface area contributed by atoms with E-state index in [9.17, 15) is 20.0 Å². The van der Waals surface area contributed by atoms with Gasteiger partial charge < -0.3 is 10.0 Å². The van der Waals surface area contributed by atoms with Crippen LogP contribution >= 0.6 is 11.8 Å². The van der Waals surface area contributed by atoms with Gasteiger partial charge in [-0.25, -0.2) is 0 Å². The minimum atomic E-state index is -0.837. The number of hydrogen-bond acceptors (Lipinski definition) is 6. The van der Waals surface area contributed by atoms with Crippen molar-refractivity contribution in [1.82, 2.24) is 4.90 Å². The van der Waals surface area contributed by atoms with E-state index in [4.69, 9.17) is 0 Å². The van der Waals surface area contributed by atoms with E-state index in [1.165, 1.54) is 0 Å². The van der Waals surface area contributed by atoms with Gasteiger partial charge in [-0.2, -0.15) is 0 Å². The van der Waals surface area contributed by atoms with Crippen molar-refractivity contribution >= 4 is 29.1 Å². The minimum Gasteiger partial charge on any atom is -0.480 e. The van der Waals surface area contributed by atoms with Gasteiger partial charge in [0.25, 0.3) is 5.69 Å². The molecule has 0 amide bonds. The van der Waals surface area contributed by atoms with Crippen molar-refractivity contribution in [3.8, 4) is 0 Å². The van der Waals surface area contributed by atoms with Crippen LogP contribution in [0.3, 0.4) is 0 Å². The van der Waals surface area contributed by atoms with Crippen LogP contribution in [0.5, 0.6) is 0 Å². The van der Waals surface area contributed by atoms with Gasteiger partial charge >= 0.3 is 5.97 Å². The molecule has 2 aliphatic rings. The summed E-state index contributed by atoms with van der Waals surface area (Å²) >= 11 is 1.64. The fourth-order valence-electron chi connectivity index (χ4n) is 4.44. The Kier molecular flexibility index (Phi) is 5.40. The zero-order chi connectivity index (χ0) is 19.8. The average molecular weight is 394 g/mol. The van der Waals surface area contributed by atoms with Gasteiger partial charge in [0.2, 0.25) is 0 Å². The van der Waals surface area contributed by atoms with Crippen molar-refractivity contribution in [1.29, 1.82) is 0 Å². The zero-order valence-electron chi connectivity index (χ0n) is 16.1. The Morgan fingerprint density at radius 1 is 1.33 bits per heavy atom. The van der Waals surface area contributed by atoms with Crippen LogP contribution < -0.4 is 4.90 Å². The Balaban J connectivity index is 1.78. The highest BCUT2D eigenvalue weighted by Gasteiger charge is 2.55. The quantitative estimate of drug-likeness (QED) is 0.605. The highest BCUT2D eigenvalue weighted by atomic mass is 32.2. The predicted molar refractivity (Wildman–Crippen MR) is 107 cm³/mol. The van der Waals surface area contributed by atoms with Crippen LogP contribution in [-0.2, 0) is 4.79 Å². The van der Waals surface area contributed by atoms with Crippen LogP contribution in [0.2, 0.25) is 0 Å². The summed E-state index contributed by atoms with van der Waals surface area (Å²) in [6.07, 6.45) is 1.56. The molecule has 148 valence electrons. The largest absolute Gasteiger partial charge is 0.480 e. The van der Waals surface area contributed by atoms with Crippen LogP contribution in [0.25, 0.3) is 0 Å². The number of thioether (sulfide) groups is 1. The highest BCUT2D eigenvalue weighted by molar-refractivity contribution is 7.99. The molecule has 1 saturated heterocycles. The van der Waals surface area contributed by atoms with E-state index >= 15 is 0 Å². The van der Waals surface area contributed by atoms with Crippen molar-refractivity contribution in [2.75, 3.05) is 36.8 Å². The minimum absolute atomic E-state index is 0.111. The van der Waals surface area contributed by atoms with Crippen LogP contribution in [0.1, 0.15) is 33.6 Å². The number of non-ortho nitro benzene ring substituents is 1. The molecule has 0 saturated carbocycles. The fraction of sp³-hybridized carbons (Fsp3) is 0.632. The summed E-state index contributed by atoms with van der Waals surface area (Å²) in [7, 11) is 0. The maximum atomic E-state index is 12.2. The molecule has 1 unspecified atom stereocenters. The van der Waals surface area contributed by atoms with Crippen LogP contribution in [0, 0.1) is 15.5 Å². The smallest absolute Gasteiger partial charge is 0.324 e. The fourth-order valence-corrected chi connectivity index (χ4v) is 5.52. The molecule has 1 aromatic rings. The van der Waals surface area contributed by atoms with E-state index in [-0.39, 0.29) is 16.0 Å². The number of anilines is 1. The first-order chi connectivity index (χ1) is 12.7. The molecule has 3 rings (SSSR count). The maximum absolute atomic E-state index is 12.2. The first-order valence-electron chi connectivity index (χ1n) is 9.31. The topological polar surface area (TPSA) is 86.9 Å². The number of nitro groups is 1. The molecule has 0 bridgehead atoms. The van der Waals surface area contributed by atoms with Crippen molar-refractivity contribution in [3.05, 3.63) is 28.3 Å². The van der Waals surface area contributed by atoms with Crippen LogP contribution in [0.15, 0.2) is 23.1 Å². The Morgan fingerprint density at radius 3 is 2.70 bits per heavy atom. The molecule has 2 aliphatic heterocycles. The van der Waals surface area contributed by atoms with Gasteiger partial charge in [0.15, 0.2) is 0 Å². The summed E-state index contributed by atoms with van der Waals surface area (Å²) in [6, 6.07) is 5.00. The molecule has 0 aliphatic carbocycles. The average Bonchev–Trinajstić information content (AvgIpc) is 3.04. The molecule has 8 heteroatoms. The Bertz CT molecular complexity index is 749. The Hall–Kier alpha value is -1.80. The number of nitrogens with zero attached hydrogens (tertiary/aromatic N) is 3. The van der Waals surface area contributed by atoms with Crippen LogP contribution in [0.4, 0.5) is 11.4 Å². The Labute approximate surface area is 163 Å². The zero-order valence-corrected chi connectivity index (χ0v) is 16.9.